The van der Waals surface area contributed by atoms with Gasteiger partial charge < -0.3 is 5.11 Å². The van der Waals surface area contributed by atoms with Crippen LogP contribution in [0.15, 0.2) is 0 Å². The first-order valence-corrected chi connectivity index (χ1v) is 11.4. The van der Waals surface area contributed by atoms with Crippen molar-refractivity contribution >= 4 is 21.7 Å². The quantitative estimate of drug-likeness (QED) is 0.665. The number of halogens is 2. The van der Waals surface area contributed by atoms with Gasteiger partial charge in [-0.15, -0.1) is 0 Å². The van der Waals surface area contributed by atoms with Crippen LogP contribution in [-0.4, -0.2) is 28.5 Å². The lowest BCUT2D eigenvalue weighted by Gasteiger charge is -2.56. The van der Waals surface area contributed by atoms with Crippen LogP contribution < -0.4 is 0 Å². The van der Waals surface area contributed by atoms with Crippen LogP contribution in [0.25, 0.3) is 0 Å². The SMILES string of the molecule is C[C@]12CC[C@H]3[C@@H](CC[C@@H]4C[C@@](O)(CF)CC[C@@H]43)[C@@H]1CCC2C(=O)CBr. The summed E-state index contributed by atoms with van der Waals surface area (Å²) in [6, 6.07) is 0. The number of carbonyl (C=O) groups excluding carboxylic acids is 1. The monoisotopic (exact) mass is 414 g/mol. The van der Waals surface area contributed by atoms with Gasteiger partial charge in [-0.05, 0) is 92.8 Å². The third-order valence-electron chi connectivity index (χ3n) is 8.87. The van der Waals surface area contributed by atoms with E-state index in [1.54, 1.807) is 0 Å². The summed E-state index contributed by atoms with van der Waals surface area (Å²) in [6.45, 7) is 1.81. The third kappa shape index (κ3) is 2.85. The predicted molar refractivity (Wildman–Crippen MR) is 100 cm³/mol. The molecule has 1 unspecified atom stereocenters. The average molecular weight is 415 g/mol. The van der Waals surface area contributed by atoms with Crippen molar-refractivity contribution in [2.45, 2.75) is 70.3 Å². The second-order valence-electron chi connectivity index (χ2n) is 9.81. The van der Waals surface area contributed by atoms with Crippen LogP contribution >= 0.6 is 15.9 Å². The molecule has 0 spiro atoms. The van der Waals surface area contributed by atoms with Crippen molar-refractivity contribution in [1.29, 1.82) is 0 Å². The Morgan fingerprint density at radius 1 is 1.08 bits per heavy atom. The Morgan fingerprint density at radius 3 is 2.56 bits per heavy atom. The van der Waals surface area contributed by atoms with Gasteiger partial charge in [0.2, 0.25) is 0 Å². The first-order valence-electron chi connectivity index (χ1n) is 10.3. The number of alkyl halides is 2. The van der Waals surface area contributed by atoms with Crippen molar-refractivity contribution in [3.8, 4) is 0 Å². The lowest BCUT2D eigenvalue weighted by atomic mass is 9.49. The molecule has 4 aliphatic rings. The summed E-state index contributed by atoms with van der Waals surface area (Å²) in [4.78, 5) is 12.5. The normalized spacial score (nSPS) is 52.2. The van der Waals surface area contributed by atoms with Crippen molar-refractivity contribution in [2.75, 3.05) is 12.0 Å². The highest BCUT2D eigenvalue weighted by Crippen LogP contribution is 2.64. The Bertz CT molecular complexity index is 540. The third-order valence-corrected chi connectivity index (χ3v) is 9.43. The molecule has 4 fully saturated rings. The maximum absolute atomic E-state index is 13.2. The maximum atomic E-state index is 13.2. The molecule has 1 N–H and O–H groups in total. The van der Waals surface area contributed by atoms with E-state index in [0.717, 1.165) is 31.1 Å². The number of carbonyl (C=O) groups is 1. The largest absolute Gasteiger partial charge is 0.387 e. The van der Waals surface area contributed by atoms with Gasteiger partial charge in [0.15, 0.2) is 0 Å². The summed E-state index contributed by atoms with van der Waals surface area (Å²) in [7, 11) is 0. The van der Waals surface area contributed by atoms with Gasteiger partial charge in [-0.1, -0.05) is 22.9 Å². The summed E-state index contributed by atoms with van der Waals surface area (Å²) < 4.78 is 13.2. The summed E-state index contributed by atoms with van der Waals surface area (Å²) >= 11 is 3.39. The summed E-state index contributed by atoms with van der Waals surface area (Å²) in [6.07, 6.45) is 9.39. The zero-order chi connectivity index (χ0) is 17.8. The van der Waals surface area contributed by atoms with Crippen molar-refractivity contribution in [1.82, 2.24) is 0 Å². The topological polar surface area (TPSA) is 37.3 Å². The molecule has 0 saturated heterocycles. The fourth-order valence-electron chi connectivity index (χ4n) is 7.71. The van der Waals surface area contributed by atoms with Gasteiger partial charge in [-0.3, -0.25) is 4.79 Å². The molecule has 142 valence electrons. The predicted octanol–water partition coefficient (Wildman–Crippen LogP) is 4.92. The minimum atomic E-state index is -1.04. The van der Waals surface area contributed by atoms with E-state index in [9.17, 15) is 14.3 Å². The molecule has 0 aromatic rings. The highest BCUT2D eigenvalue weighted by Gasteiger charge is 2.58. The van der Waals surface area contributed by atoms with E-state index in [-0.39, 0.29) is 11.3 Å². The molecule has 4 saturated carbocycles. The lowest BCUT2D eigenvalue weighted by Crippen LogP contribution is -2.52. The number of hydrogen-bond acceptors (Lipinski definition) is 2. The molecule has 0 heterocycles. The summed E-state index contributed by atoms with van der Waals surface area (Å²) in [5, 5.41) is 10.9. The molecule has 0 bridgehead atoms. The summed E-state index contributed by atoms with van der Waals surface area (Å²) in [5.74, 6) is 4.05. The highest BCUT2D eigenvalue weighted by atomic mass is 79.9. The van der Waals surface area contributed by atoms with Crippen molar-refractivity contribution < 1.29 is 14.3 Å². The molecule has 4 rings (SSSR count). The molecule has 0 aromatic carbocycles. The van der Waals surface area contributed by atoms with Gasteiger partial charge in [-0.2, -0.15) is 0 Å². The smallest absolute Gasteiger partial charge is 0.147 e. The molecule has 8 atom stereocenters. The Hall–Kier alpha value is 0.0400. The second-order valence-corrected chi connectivity index (χ2v) is 10.4. The Labute approximate surface area is 159 Å². The van der Waals surface area contributed by atoms with Crippen LogP contribution in [0, 0.1) is 40.9 Å². The van der Waals surface area contributed by atoms with E-state index in [0.29, 0.717) is 41.7 Å². The Kier molecular flexibility index (Phi) is 4.84. The van der Waals surface area contributed by atoms with Gasteiger partial charge in [0.25, 0.3) is 0 Å². The van der Waals surface area contributed by atoms with Crippen molar-refractivity contribution in [2.24, 2.45) is 40.9 Å². The number of ketones is 1. The van der Waals surface area contributed by atoms with Crippen molar-refractivity contribution in [3.05, 3.63) is 0 Å². The fourth-order valence-corrected chi connectivity index (χ4v) is 8.10. The van der Waals surface area contributed by atoms with Gasteiger partial charge >= 0.3 is 0 Å². The van der Waals surface area contributed by atoms with E-state index in [1.165, 1.54) is 25.7 Å². The van der Waals surface area contributed by atoms with Crippen LogP contribution in [0.1, 0.15) is 64.7 Å². The van der Waals surface area contributed by atoms with Crippen LogP contribution in [0.3, 0.4) is 0 Å². The summed E-state index contributed by atoms with van der Waals surface area (Å²) in [5.41, 5.74) is -0.842. The van der Waals surface area contributed by atoms with E-state index in [1.807, 2.05) is 0 Å². The molecule has 0 aliphatic heterocycles. The molecular formula is C21H32BrFO2. The van der Waals surface area contributed by atoms with Gasteiger partial charge in [0.1, 0.15) is 12.5 Å². The van der Waals surface area contributed by atoms with Crippen molar-refractivity contribution in [3.63, 3.8) is 0 Å². The number of aliphatic hydroxyl groups is 1. The van der Waals surface area contributed by atoms with E-state index >= 15 is 0 Å². The van der Waals surface area contributed by atoms with Crippen LogP contribution in [-0.2, 0) is 4.79 Å². The lowest BCUT2D eigenvalue weighted by molar-refractivity contribution is -0.131. The minimum Gasteiger partial charge on any atom is -0.387 e. The zero-order valence-corrected chi connectivity index (χ0v) is 16.9. The van der Waals surface area contributed by atoms with E-state index in [2.05, 4.69) is 22.9 Å². The standard InChI is InChI=1S/C21H32BrFO2/c1-20-8-6-15-14-7-9-21(25,12-23)10-13(14)2-3-16(15)17(20)4-5-18(20)19(24)11-22/h13-18,25H,2-12H2,1H3/t13-,14+,15-,16-,17+,18?,20+,21-/m1/s1. The second kappa shape index (κ2) is 6.58. The number of rotatable bonds is 3. The molecular weight excluding hydrogens is 383 g/mol. The Balaban J connectivity index is 1.52. The van der Waals surface area contributed by atoms with Gasteiger partial charge in [0.05, 0.1) is 10.9 Å². The number of Topliss-reactive ketones (excluding diaryl/α,β-unsaturated/α-hetero) is 1. The number of hydrogen-bond donors (Lipinski definition) is 1. The number of fused-ring (bicyclic) bond motifs is 5. The fraction of sp³-hybridized carbons (Fsp3) is 0.952. The van der Waals surface area contributed by atoms with Crippen LogP contribution in [0.4, 0.5) is 4.39 Å². The van der Waals surface area contributed by atoms with E-state index < -0.39 is 12.3 Å². The first kappa shape index (κ1) is 18.4. The minimum absolute atomic E-state index is 0.202. The van der Waals surface area contributed by atoms with Gasteiger partial charge in [0, 0.05) is 5.92 Å². The van der Waals surface area contributed by atoms with Gasteiger partial charge in [-0.25, -0.2) is 4.39 Å². The Morgan fingerprint density at radius 2 is 1.84 bits per heavy atom. The molecule has 0 amide bonds. The highest BCUT2D eigenvalue weighted by molar-refractivity contribution is 9.09. The maximum Gasteiger partial charge on any atom is 0.147 e. The first-order chi connectivity index (χ1) is 11.9. The molecule has 0 aromatic heterocycles. The molecule has 0 radical (unpaired) electrons. The average Bonchev–Trinajstić information content (AvgIpc) is 2.98. The molecule has 4 aliphatic carbocycles. The van der Waals surface area contributed by atoms with E-state index in [4.69, 9.17) is 0 Å². The zero-order valence-electron chi connectivity index (χ0n) is 15.4. The van der Waals surface area contributed by atoms with Crippen LogP contribution in [0.5, 0.6) is 0 Å². The molecule has 25 heavy (non-hydrogen) atoms. The molecule has 2 nitrogen and oxygen atoms in total. The molecule has 4 heteroatoms. The van der Waals surface area contributed by atoms with Crippen LogP contribution in [0.2, 0.25) is 0 Å².